The van der Waals surface area contributed by atoms with Gasteiger partial charge in [-0.2, -0.15) is 4.98 Å². The number of carbonyl (C=O) groups is 1. The predicted octanol–water partition coefficient (Wildman–Crippen LogP) is 4.21. The Morgan fingerprint density at radius 3 is 2.48 bits per heavy atom. The van der Waals surface area contributed by atoms with E-state index in [0.717, 1.165) is 20.4 Å². The third-order valence-corrected chi connectivity index (χ3v) is 4.03. The van der Waals surface area contributed by atoms with Gasteiger partial charge in [0.1, 0.15) is 0 Å². The summed E-state index contributed by atoms with van der Waals surface area (Å²) in [5.41, 5.74) is 3.20. The quantitative estimate of drug-likeness (QED) is 0.646. The highest BCUT2D eigenvalue weighted by Gasteiger charge is 2.10. The minimum absolute atomic E-state index is 0.150. The average molecular weight is 419 g/mol. The Morgan fingerprint density at radius 1 is 1.13 bits per heavy atom. The molecule has 0 fully saturated rings. The first-order valence-corrected chi connectivity index (χ1v) is 8.09. The second-order valence-electron chi connectivity index (χ2n) is 5.14. The summed E-state index contributed by atoms with van der Waals surface area (Å²) in [6, 6.07) is 13.0. The molecule has 0 aliphatic heterocycles. The van der Waals surface area contributed by atoms with Crippen LogP contribution in [0.1, 0.15) is 21.7 Å². The van der Waals surface area contributed by atoms with Crippen LogP contribution in [0, 0.1) is 17.4 Å². The fraction of sp³-hybridized carbons (Fsp3) is 0.118. The second kappa shape index (κ2) is 6.49. The fourth-order valence-corrected chi connectivity index (χ4v) is 2.79. The van der Waals surface area contributed by atoms with Gasteiger partial charge in [-0.25, -0.2) is 0 Å². The van der Waals surface area contributed by atoms with E-state index in [0.29, 0.717) is 17.3 Å². The number of nitrogens with zero attached hydrogens (tertiary/aromatic N) is 2. The second-order valence-corrected chi connectivity index (χ2v) is 6.38. The molecule has 0 spiro atoms. The largest absolute Gasteiger partial charge is 0.334 e. The highest BCUT2D eigenvalue weighted by atomic mass is 127. The Kier molecular flexibility index (Phi) is 4.42. The van der Waals surface area contributed by atoms with Gasteiger partial charge >= 0.3 is 0 Å². The van der Waals surface area contributed by atoms with Crippen LogP contribution in [0.15, 0.2) is 47.0 Å². The molecule has 116 valence electrons. The number of hydrogen-bond donors (Lipinski definition) is 1. The van der Waals surface area contributed by atoms with E-state index in [1.807, 2.05) is 25.1 Å². The number of benzene rings is 2. The maximum atomic E-state index is 12.3. The number of halogens is 1. The maximum absolute atomic E-state index is 12.3. The van der Waals surface area contributed by atoms with E-state index in [-0.39, 0.29) is 5.91 Å². The first-order valence-electron chi connectivity index (χ1n) is 7.01. The number of anilines is 1. The van der Waals surface area contributed by atoms with E-state index in [4.69, 9.17) is 4.52 Å². The van der Waals surface area contributed by atoms with Crippen molar-refractivity contribution in [3.05, 3.63) is 63.0 Å². The van der Waals surface area contributed by atoms with Gasteiger partial charge in [0.15, 0.2) is 5.82 Å². The van der Waals surface area contributed by atoms with Crippen LogP contribution >= 0.6 is 22.6 Å². The molecule has 2 aromatic carbocycles. The van der Waals surface area contributed by atoms with Gasteiger partial charge in [-0.3, -0.25) is 4.79 Å². The van der Waals surface area contributed by atoms with Crippen molar-refractivity contribution in [1.29, 1.82) is 0 Å². The van der Waals surface area contributed by atoms with Crippen LogP contribution < -0.4 is 5.32 Å². The highest BCUT2D eigenvalue weighted by molar-refractivity contribution is 14.1. The van der Waals surface area contributed by atoms with Crippen molar-refractivity contribution in [2.75, 3.05) is 5.32 Å². The molecular formula is C17H14IN3O2. The van der Waals surface area contributed by atoms with Gasteiger partial charge in [0.2, 0.25) is 0 Å². The molecule has 23 heavy (non-hydrogen) atoms. The first kappa shape index (κ1) is 15.7. The lowest BCUT2D eigenvalue weighted by atomic mass is 10.1. The summed E-state index contributed by atoms with van der Waals surface area (Å²) < 4.78 is 6.25. The Labute approximate surface area is 147 Å². The lowest BCUT2D eigenvalue weighted by Gasteiger charge is -2.09. The van der Waals surface area contributed by atoms with Gasteiger partial charge in [0.05, 0.1) is 0 Å². The maximum Gasteiger partial charge on any atom is 0.257 e. The number of amides is 1. The van der Waals surface area contributed by atoms with Gasteiger partial charge in [0.25, 0.3) is 11.8 Å². The summed E-state index contributed by atoms with van der Waals surface area (Å²) in [6.07, 6.45) is 0. The standard InChI is InChI=1S/C17H14IN3O2/c1-10-9-14(18)7-8-15(10)20-16(22)12-3-5-13(6-4-12)17-19-11(2)21-23-17/h3-9H,1-2H3,(H,20,22). The zero-order valence-electron chi connectivity index (χ0n) is 12.6. The normalized spacial score (nSPS) is 10.6. The molecule has 0 radical (unpaired) electrons. The zero-order valence-corrected chi connectivity index (χ0v) is 14.8. The van der Waals surface area contributed by atoms with Crippen LogP contribution in [-0.2, 0) is 0 Å². The molecule has 0 aliphatic carbocycles. The number of carbonyl (C=O) groups excluding carboxylic acids is 1. The Hall–Kier alpha value is -2.22. The van der Waals surface area contributed by atoms with Gasteiger partial charge in [-0.05, 0) is 84.5 Å². The van der Waals surface area contributed by atoms with Crippen molar-refractivity contribution in [2.24, 2.45) is 0 Å². The van der Waals surface area contributed by atoms with Crippen molar-refractivity contribution in [3.63, 3.8) is 0 Å². The Morgan fingerprint density at radius 2 is 1.87 bits per heavy atom. The van der Waals surface area contributed by atoms with Crippen molar-refractivity contribution >= 4 is 34.2 Å². The van der Waals surface area contributed by atoms with E-state index in [1.165, 1.54) is 0 Å². The lowest BCUT2D eigenvalue weighted by molar-refractivity contribution is 0.102. The summed E-state index contributed by atoms with van der Waals surface area (Å²) in [4.78, 5) is 16.5. The molecule has 3 aromatic rings. The molecule has 1 aromatic heterocycles. The predicted molar refractivity (Wildman–Crippen MR) is 96.3 cm³/mol. The molecule has 1 N–H and O–H groups in total. The molecule has 6 heteroatoms. The lowest BCUT2D eigenvalue weighted by Crippen LogP contribution is -2.12. The Balaban J connectivity index is 1.77. The van der Waals surface area contributed by atoms with Crippen LogP contribution in [0.2, 0.25) is 0 Å². The SMILES string of the molecule is Cc1noc(-c2ccc(C(=O)Nc3ccc(I)cc3C)cc2)n1. The van der Waals surface area contributed by atoms with Crippen LogP contribution in [0.4, 0.5) is 5.69 Å². The van der Waals surface area contributed by atoms with E-state index < -0.39 is 0 Å². The van der Waals surface area contributed by atoms with Gasteiger partial charge in [0, 0.05) is 20.4 Å². The molecule has 3 rings (SSSR count). The number of nitrogens with one attached hydrogen (secondary N) is 1. The van der Waals surface area contributed by atoms with Crippen molar-refractivity contribution in [3.8, 4) is 11.5 Å². The highest BCUT2D eigenvalue weighted by Crippen LogP contribution is 2.20. The average Bonchev–Trinajstić information content (AvgIpc) is 2.97. The van der Waals surface area contributed by atoms with Crippen molar-refractivity contribution < 1.29 is 9.32 Å². The monoisotopic (exact) mass is 419 g/mol. The zero-order chi connectivity index (χ0) is 16.4. The molecule has 0 unspecified atom stereocenters. The summed E-state index contributed by atoms with van der Waals surface area (Å²) in [7, 11) is 0. The molecule has 5 nitrogen and oxygen atoms in total. The number of rotatable bonds is 3. The van der Waals surface area contributed by atoms with Gasteiger partial charge in [-0.1, -0.05) is 5.16 Å². The first-order chi connectivity index (χ1) is 11.0. The van der Waals surface area contributed by atoms with Crippen LogP contribution in [0.5, 0.6) is 0 Å². The van der Waals surface area contributed by atoms with Crippen molar-refractivity contribution in [2.45, 2.75) is 13.8 Å². The minimum Gasteiger partial charge on any atom is -0.334 e. The molecule has 1 amide bonds. The fourth-order valence-electron chi connectivity index (χ4n) is 2.14. The van der Waals surface area contributed by atoms with E-state index in [1.54, 1.807) is 31.2 Å². The summed E-state index contributed by atoms with van der Waals surface area (Å²) in [6.45, 7) is 3.73. The molecule has 1 heterocycles. The van der Waals surface area contributed by atoms with E-state index in [9.17, 15) is 4.79 Å². The number of aryl methyl sites for hydroxylation is 2. The molecule has 0 saturated heterocycles. The topological polar surface area (TPSA) is 68.0 Å². The minimum atomic E-state index is -0.150. The molecule has 0 bridgehead atoms. The smallest absolute Gasteiger partial charge is 0.257 e. The third kappa shape index (κ3) is 3.58. The van der Waals surface area contributed by atoms with Crippen LogP contribution in [-0.4, -0.2) is 16.0 Å². The summed E-state index contributed by atoms with van der Waals surface area (Å²) in [5.74, 6) is 0.876. The Bertz CT molecular complexity index is 857. The number of hydrogen-bond acceptors (Lipinski definition) is 4. The third-order valence-electron chi connectivity index (χ3n) is 3.36. The molecular weight excluding hydrogens is 405 g/mol. The summed E-state index contributed by atoms with van der Waals surface area (Å²) >= 11 is 2.25. The van der Waals surface area contributed by atoms with E-state index >= 15 is 0 Å². The van der Waals surface area contributed by atoms with Crippen LogP contribution in [0.3, 0.4) is 0 Å². The van der Waals surface area contributed by atoms with Crippen LogP contribution in [0.25, 0.3) is 11.5 Å². The molecule has 0 atom stereocenters. The number of aromatic nitrogens is 2. The van der Waals surface area contributed by atoms with Crippen molar-refractivity contribution in [1.82, 2.24) is 10.1 Å². The molecule has 0 saturated carbocycles. The molecule has 0 aliphatic rings. The van der Waals surface area contributed by atoms with Gasteiger partial charge in [-0.15, -0.1) is 0 Å². The van der Waals surface area contributed by atoms with E-state index in [2.05, 4.69) is 38.0 Å². The summed E-state index contributed by atoms with van der Waals surface area (Å²) in [5, 5.41) is 6.68. The van der Waals surface area contributed by atoms with Gasteiger partial charge < -0.3 is 9.84 Å².